The molecule has 1 aromatic carbocycles. The number of nitrogens with one attached hydrogen (secondary N) is 1. The maximum atomic E-state index is 13.3. The molecule has 0 saturated heterocycles. The largest absolute Gasteiger partial charge is 0.365 e. The van der Waals surface area contributed by atoms with Gasteiger partial charge in [-0.25, -0.2) is 23.3 Å². The Morgan fingerprint density at radius 3 is 2.57 bits per heavy atom. The predicted octanol–water partition coefficient (Wildman–Crippen LogP) is 4.91. The maximum Gasteiger partial charge on any atom is 0.280 e. The zero-order valence-corrected chi connectivity index (χ0v) is 19.4. The van der Waals surface area contributed by atoms with Crippen LogP contribution in [0.1, 0.15) is 43.3 Å². The average molecular weight is 493 g/mol. The van der Waals surface area contributed by atoms with E-state index in [2.05, 4.69) is 20.4 Å². The first kappa shape index (κ1) is 22.5. The Kier molecular flexibility index (Phi) is 5.48. The summed E-state index contributed by atoms with van der Waals surface area (Å²) in [6.45, 7) is 3.59. The lowest BCUT2D eigenvalue weighted by Gasteiger charge is -2.08. The zero-order valence-electron chi connectivity index (χ0n) is 18.5. The van der Waals surface area contributed by atoms with Crippen LogP contribution < -0.4 is 11.1 Å². The van der Waals surface area contributed by atoms with E-state index in [1.165, 1.54) is 12.3 Å². The number of hydrogen-bond acceptors (Lipinski definition) is 6. The average Bonchev–Trinajstić information content (AvgIpc) is 3.41. The molecule has 0 radical (unpaired) electrons. The summed E-state index contributed by atoms with van der Waals surface area (Å²) in [6.07, 6.45) is 0.189. The van der Waals surface area contributed by atoms with Gasteiger partial charge in [0.2, 0.25) is 0 Å². The van der Waals surface area contributed by atoms with E-state index in [-0.39, 0.29) is 21.0 Å². The first-order valence-corrected chi connectivity index (χ1v) is 11.3. The first-order valence-electron chi connectivity index (χ1n) is 10.5. The molecule has 0 fully saturated rings. The second-order valence-corrected chi connectivity index (χ2v) is 8.96. The number of fused-ring (bicyclic) bond motifs is 2. The van der Waals surface area contributed by atoms with E-state index in [1.807, 2.05) is 31.2 Å². The third-order valence-electron chi connectivity index (χ3n) is 5.56. The summed E-state index contributed by atoms with van der Waals surface area (Å²) in [4.78, 5) is 33.9. The fourth-order valence-electron chi connectivity index (χ4n) is 3.89. The monoisotopic (exact) mass is 492 g/mol. The minimum absolute atomic E-state index is 0.0140. The molecule has 11 heteroatoms. The molecule has 0 spiro atoms. The van der Waals surface area contributed by atoms with Gasteiger partial charge in [0, 0.05) is 17.1 Å². The van der Waals surface area contributed by atoms with Gasteiger partial charge in [0.1, 0.15) is 21.0 Å². The zero-order chi connectivity index (χ0) is 24.9. The molecule has 4 heterocycles. The molecule has 0 aliphatic carbocycles. The second kappa shape index (κ2) is 8.51. The number of nitrogens with zero attached hydrogens (tertiary/aromatic N) is 4. The molecule has 8 nitrogen and oxygen atoms in total. The lowest BCUT2D eigenvalue weighted by molar-refractivity contribution is 0.100. The Bertz CT molecular complexity index is 1630. The Balaban J connectivity index is 1.58. The van der Waals surface area contributed by atoms with E-state index in [0.29, 0.717) is 16.6 Å². The van der Waals surface area contributed by atoms with Crippen molar-refractivity contribution in [3.8, 4) is 11.3 Å². The molecule has 0 aliphatic rings. The van der Waals surface area contributed by atoms with Crippen LogP contribution >= 0.6 is 11.3 Å². The van der Waals surface area contributed by atoms with Crippen molar-refractivity contribution >= 4 is 44.7 Å². The van der Waals surface area contributed by atoms with Crippen molar-refractivity contribution in [3.63, 3.8) is 0 Å². The standard InChI is InChI=1S/C24H18F2N6O2S/c1-11-3-5-13(6-4-11)16-7-8-28-22-14(10-29-32(16)22)23(34)31-18-17-12(2)9-15(20(25)26)30-24(17)35-19(18)21(27)33/h3-10,20H,1-2H3,(H2,27,33)(H,31,34). The van der Waals surface area contributed by atoms with Crippen molar-refractivity contribution in [1.29, 1.82) is 0 Å². The van der Waals surface area contributed by atoms with Crippen LogP contribution in [0.4, 0.5) is 14.5 Å². The minimum atomic E-state index is -2.78. The number of carbonyl (C=O) groups excluding carboxylic acids is 2. The molecule has 5 rings (SSSR count). The number of carbonyl (C=O) groups is 2. The summed E-state index contributed by atoms with van der Waals surface area (Å²) in [5, 5.41) is 7.44. The van der Waals surface area contributed by atoms with Gasteiger partial charge >= 0.3 is 0 Å². The van der Waals surface area contributed by atoms with E-state index in [1.54, 1.807) is 23.7 Å². The summed E-state index contributed by atoms with van der Waals surface area (Å²) < 4.78 is 28.0. The Morgan fingerprint density at radius 1 is 1.14 bits per heavy atom. The molecule has 5 aromatic rings. The molecule has 176 valence electrons. The van der Waals surface area contributed by atoms with Crippen LogP contribution in [0.3, 0.4) is 0 Å². The number of amides is 2. The Hall–Kier alpha value is -4.25. The van der Waals surface area contributed by atoms with Crippen molar-refractivity contribution in [3.05, 3.63) is 76.1 Å². The summed E-state index contributed by atoms with van der Waals surface area (Å²) in [6, 6.07) is 10.9. The highest BCUT2D eigenvalue weighted by Crippen LogP contribution is 2.38. The van der Waals surface area contributed by atoms with Gasteiger partial charge in [-0.05, 0) is 31.5 Å². The van der Waals surface area contributed by atoms with E-state index in [0.717, 1.165) is 28.2 Å². The second-order valence-electron chi connectivity index (χ2n) is 7.96. The van der Waals surface area contributed by atoms with Gasteiger partial charge in [-0.2, -0.15) is 5.10 Å². The van der Waals surface area contributed by atoms with E-state index in [9.17, 15) is 18.4 Å². The third-order valence-corrected chi connectivity index (χ3v) is 6.66. The van der Waals surface area contributed by atoms with Crippen LogP contribution in [0.2, 0.25) is 0 Å². The Labute approximate surface area is 201 Å². The van der Waals surface area contributed by atoms with Gasteiger partial charge in [0.25, 0.3) is 18.2 Å². The quantitative estimate of drug-likeness (QED) is 0.362. The maximum absolute atomic E-state index is 13.3. The lowest BCUT2D eigenvalue weighted by atomic mass is 10.1. The van der Waals surface area contributed by atoms with Gasteiger partial charge in [-0.15, -0.1) is 11.3 Å². The van der Waals surface area contributed by atoms with E-state index < -0.39 is 23.9 Å². The molecule has 0 atom stereocenters. The van der Waals surface area contributed by atoms with Gasteiger partial charge in [-0.3, -0.25) is 9.59 Å². The predicted molar refractivity (Wildman–Crippen MR) is 129 cm³/mol. The highest BCUT2D eigenvalue weighted by atomic mass is 32.1. The van der Waals surface area contributed by atoms with Crippen LogP contribution in [0.5, 0.6) is 0 Å². The molecular formula is C24H18F2N6O2S. The third kappa shape index (κ3) is 3.89. The molecule has 0 saturated carbocycles. The molecule has 3 N–H and O–H groups in total. The molecule has 0 aliphatic heterocycles. The number of aromatic nitrogens is 4. The number of aryl methyl sites for hydroxylation is 2. The van der Waals surface area contributed by atoms with Crippen molar-refractivity contribution in [2.75, 3.05) is 5.32 Å². The normalized spacial score (nSPS) is 11.5. The van der Waals surface area contributed by atoms with Crippen molar-refractivity contribution < 1.29 is 18.4 Å². The summed E-state index contributed by atoms with van der Waals surface area (Å²) in [5.74, 6) is -1.38. The number of rotatable bonds is 5. The smallest absolute Gasteiger partial charge is 0.280 e. The van der Waals surface area contributed by atoms with Gasteiger partial charge in [0.15, 0.2) is 5.65 Å². The number of alkyl halides is 2. The van der Waals surface area contributed by atoms with E-state index in [4.69, 9.17) is 5.73 Å². The van der Waals surface area contributed by atoms with Crippen LogP contribution in [0.25, 0.3) is 27.1 Å². The number of primary amides is 1. The van der Waals surface area contributed by atoms with Gasteiger partial charge in [0.05, 0.1) is 17.6 Å². The minimum Gasteiger partial charge on any atom is -0.365 e. The number of nitrogens with two attached hydrogens (primary N) is 1. The number of pyridine rings is 1. The van der Waals surface area contributed by atoms with Crippen molar-refractivity contribution in [1.82, 2.24) is 19.6 Å². The fourth-order valence-corrected chi connectivity index (χ4v) is 4.95. The summed E-state index contributed by atoms with van der Waals surface area (Å²) in [5.41, 5.74) is 8.90. The number of benzene rings is 1. The van der Waals surface area contributed by atoms with Crippen LogP contribution in [-0.4, -0.2) is 31.4 Å². The molecular weight excluding hydrogens is 474 g/mol. The molecule has 2 amide bonds. The van der Waals surface area contributed by atoms with Gasteiger partial charge in [-0.1, -0.05) is 29.8 Å². The summed E-state index contributed by atoms with van der Waals surface area (Å²) in [7, 11) is 0. The number of hydrogen-bond donors (Lipinski definition) is 2. The first-order chi connectivity index (χ1) is 16.7. The SMILES string of the molecule is Cc1ccc(-c2ccnc3c(C(=O)Nc4c(C(N)=O)sc5nc(C(F)F)cc(C)c45)cnn23)cc1. The molecule has 35 heavy (non-hydrogen) atoms. The van der Waals surface area contributed by atoms with Crippen LogP contribution in [-0.2, 0) is 0 Å². The highest BCUT2D eigenvalue weighted by molar-refractivity contribution is 7.21. The van der Waals surface area contributed by atoms with Crippen molar-refractivity contribution in [2.24, 2.45) is 5.73 Å². The Morgan fingerprint density at radius 2 is 1.89 bits per heavy atom. The van der Waals surface area contributed by atoms with Gasteiger partial charge < -0.3 is 11.1 Å². The van der Waals surface area contributed by atoms with Crippen LogP contribution in [0.15, 0.2) is 48.8 Å². The number of halogens is 2. The summed E-state index contributed by atoms with van der Waals surface area (Å²) >= 11 is 0.851. The van der Waals surface area contributed by atoms with Crippen molar-refractivity contribution in [2.45, 2.75) is 20.3 Å². The fraction of sp³-hybridized carbons (Fsp3) is 0.125. The number of thiophene rings is 1. The van der Waals surface area contributed by atoms with Crippen LogP contribution in [0, 0.1) is 13.8 Å². The van der Waals surface area contributed by atoms with E-state index >= 15 is 0 Å². The molecule has 0 unspecified atom stereocenters. The number of anilines is 1. The highest BCUT2D eigenvalue weighted by Gasteiger charge is 2.25. The molecule has 4 aromatic heterocycles. The molecule has 0 bridgehead atoms. The lowest BCUT2D eigenvalue weighted by Crippen LogP contribution is -2.17. The topological polar surface area (TPSA) is 115 Å².